The first-order valence-corrected chi connectivity index (χ1v) is 10.5. The molecule has 0 spiro atoms. The number of carbonyl (C=O) groups is 4. The van der Waals surface area contributed by atoms with Gasteiger partial charge in [0.15, 0.2) is 11.5 Å². The van der Waals surface area contributed by atoms with Crippen LogP contribution in [-0.2, 0) is 23.9 Å². The van der Waals surface area contributed by atoms with Crippen molar-refractivity contribution in [1.29, 1.82) is 0 Å². The summed E-state index contributed by atoms with van der Waals surface area (Å²) in [5.41, 5.74) is 0.379. The number of aliphatic carboxylic acids is 2. The van der Waals surface area contributed by atoms with Crippen LogP contribution in [-0.4, -0.2) is 104 Å². The Kier molecular flexibility index (Phi) is 8.62. The van der Waals surface area contributed by atoms with E-state index in [0.717, 1.165) is 13.1 Å². The first kappa shape index (κ1) is 25.2. The molecule has 34 heavy (non-hydrogen) atoms. The molecule has 2 fully saturated rings. The number of carbonyl (C=O) groups excluding carboxylic acids is 4. The highest BCUT2D eigenvalue weighted by Crippen LogP contribution is 2.33. The lowest BCUT2D eigenvalue weighted by Crippen LogP contribution is -2.43. The summed E-state index contributed by atoms with van der Waals surface area (Å²) in [6, 6.07) is 4.09. The van der Waals surface area contributed by atoms with Crippen molar-refractivity contribution in [2.24, 2.45) is 0 Å². The number of ether oxygens (including phenoxy) is 4. The molecule has 2 atom stereocenters. The summed E-state index contributed by atoms with van der Waals surface area (Å²) in [4.78, 5) is 46.9. The van der Waals surface area contributed by atoms with Gasteiger partial charge in [-0.1, -0.05) is 0 Å². The van der Waals surface area contributed by atoms with Gasteiger partial charge in [-0.15, -0.1) is 0 Å². The van der Waals surface area contributed by atoms with Crippen LogP contribution in [0.3, 0.4) is 0 Å². The molecule has 0 aromatic heterocycles. The second-order valence-corrected chi connectivity index (χ2v) is 7.63. The fraction of sp³-hybridized carbons (Fsp3) is 0.524. The van der Waals surface area contributed by atoms with E-state index in [1.165, 1.54) is 4.90 Å². The average molecular weight is 480 g/mol. The van der Waals surface area contributed by atoms with Crippen molar-refractivity contribution in [1.82, 2.24) is 9.80 Å². The van der Waals surface area contributed by atoms with Crippen LogP contribution < -0.4 is 19.7 Å². The molecule has 1 N–H and O–H groups in total. The van der Waals surface area contributed by atoms with Crippen molar-refractivity contribution in [3.63, 3.8) is 0 Å². The number of fused-ring (bicyclic) bond motifs is 1. The van der Waals surface area contributed by atoms with Gasteiger partial charge in [0.1, 0.15) is 12.6 Å². The maximum Gasteiger partial charge on any atom is 0.329 e. The smallest absolute Gasteiger partial charge is 0.329 e. The summed E-state index contributed by atoms with van der Waals surface area (Å²) in [7, 11) is 0. The molecule has 1 aromatic carbocycles. The van der Waals surface area contributed by atoms with E-state index in [-0.39, 0.29) is 32.3 Å². The molecule has 3 aliphatic heterocycles. The normalized spacial score (nSPS) is 21.4. The molecule has 3 aliphatic rings. The number of carboxylic acids is 2. The van der Waals surface area contributed by atoms with E-state index in [2.05, 4.69) is 4.90 Å². The minimum atomic E-state index is -2.19. The Morgan fingerprint density at radius 2 is 1.74 bits per heavy atom. The summed E-state index contributed by atoms with van der Waals surface area (Å²) >= 11 is 0. The van der Waals surface area contributed by atoms with Crippen molar-refractivity contribution >= 4 is 23.8 Å². The third kappa shape index (κ3) is 6.56. The largest absolute Gasteiger partial charge is 0.543 e. The van der Waals surface area contributed by atoms with Gasteiger partial charge in [0.25, 0.3) is 5.91 Å². The van der Waals surface area contributed by atoms with Gasteiger partial charge in [-0.2, -0.15) is 0 Å². The van der Waals surface area contributed by atoms with Gasteiger partial charge < -0.3 is 48.8 Å². The number of aliphatic hydroxyl groups excluding tert-OH is 1. The number of carboxylic acid groups (broad SMARTS) is 2. The summed E-state index contributed by atoms with van der Waals surface area (Å²) in [6.07, 6.45) is -0.582. The van der Waals surface area contributed by atoms with E-state index >= 15 is 0 Å². The number of aliphatic hydroxyl groups is 1. The van der Waals surface area contributed by atoms with Gasteiger partial charge in [-0.05, 0) is 18.2 Å². The number of rotatable bonds is 5. The minimum Gasteiger partial charge on any atom is -0.543 e. The third-order valence-electron chi connectivity index (χ3n) is 5.35. The molecule has 13 nitrogen and oxygen atoms in total. The van der Waals surface area contributed by atoms with E-state index < -0.39 is 30.1 Å². The molecule has 1 amide bonds. The van der Waals surface area contributed by atoms with Crippen LogP contribution in [0.1, 0.15) is 16.8 Å². The Balaban J connectivity index is 0.000000481. The molecule has 1 aromatic rings. The predicted octanol–water partition coefficient (Wildman–Crippen LogP) is -3.65. The van der Waals surface area contributed by atoms with Crippen LogP contribution in [0.15, 0.2) is 18.2 Å². The predicted molar refractivity (Wildman–Crippen MR) is 106 cm³/mol. The van der Waals surface area contributed by atoms with Crippen LogP contribution in [0.25, 0.3) is 0 Å². The maximum atomic E-state index is 12.9. The van der Waals surface area contributed by atoms with Crippen molar-refractivity contribution in [2.75, 3.05) is 52.8 Å². The Morgan fingerprint density at radius 1 is 1.06 bits per heavy atom. The van der Waals surface area contributed by atoms with E-state index in [0.29, 0.717) is 36.8 Å². The van der Waals surface area contributed by atoms with Gasteiger partial charge in [0.2, 0.25) is 6.79 Å². The highest BCUT2D eigenvalue weighted by molar-refractivity contribution is 6.25. The number of nitrogens with zero attached hydrogens (tertiary/aromatic N) is 2. The van der Waals surface area contributed by atoms with E-state index in [1.54, 1.807) is 18.2 Å². The zero-order chi connectivity index (χ0) is 24.7. The first-order chi connectivity index (χ1) is 16.3. The molecular weight excluding hydrogens is 456 g/mol. The molecular formula is C21H24N2O11-2. The standard InChI is InChI=1S/C19H24N2O7.C2H2O4/c22-14-10-15(19(24)26-8-5-20-3-6-25-7-4-20)21(11-14)18(23)13-1-2-16-17(9-13)28-12-27-16;3-1(4)2(5)6/h1-2,9,14-15,22H,3-8,10-12H2;(H,3,4)(H,5,6)/p-2. The Morgan fingerprint density at radius 3 is 2.41 bits per heavy atom. The van der Waals surface area contributed by atoms with Gasteiger partial charge in [-0.3, -0.25) is 9.69 Å². The van der Waals surface area contributed by atoms with Crippen molar-refractivity contribution < 1.29 is 53.4 Å². The highest BCUT2D eigenvalue weighted by atomic mass is 16.7. The number of benzene rings is 1. The molecule has 186 valence electrons. The molecule has 13 heteroatoms. The number of amides is 1. The number of esters is 1. The van der Waals surface area contributed by atoms with E-state index in [1.807, 2.05) is 0 Å². The third-order valence-corrected chi connectivity index (χ3v) is 5.35. The highest BCUT2D eigenvalue weighted by Gasteiger charge is 2.40. The van der Waals surface area contributed by atoms with Gasteiger partial charge in [-0.25, -0.2) is 4.79 Å². The second kappa shape index (κ2) is 11.6. The zero-order valence-electron chi connectivity index (χ0n) is 18.2. The summed E-state index contributed by atoms with van der Waals surface area (Å²) < 4.78 is 21.3. The molecule has 2 unspecified atom stereocenters. The van der Waals surface area contributed by atoms with Crippen molar-refractivity contribution in [3.05, 3.63) is 23.8 Å². The number of hydrogen-bond acceptors (Lipinski definition) is 12. The molecule has 0 saturated carbocycles. The lowest BCUT2D eigenvalue weighted by molar-refractivity contribution is -0.345. The molecule has 0 radical (unpaired) electrons. The molecule has 2 saturated heterocycles. The van der Waals surface area contributed by atoms with Gasteiger partial charge in [0, 0.05) is 38.2 Å². The monoisotopic (exact) mass is 480 g/mol. The SMILES string of the molecule is O=C(OCCN1CCOCC1)C1CC(O)CN1C(=O)c1ccc2c(c1)OCO2.O=C([O-])C(=O)[O-]. The minimum absolute atomic E-state index is 0.0938. The summed E-state index contributed by atoms with van der Waals surface area (Å²) in [6.45, 7) is 4.08. The Hall–Kier alpha value is -3.42. The van der Waals surface area contributed by atoms with E-state index in [9.17, 15) is 14.7 Å². The molecule has 3 heterocycles. The fourth-order valence-electron chi connectivity index (χ4n) is 3.65. The first-order valence-electron chi connectivity index (χ1n) is 10.5. The summed E-state index contributed by atoms with van der Waals surface area (Å²) in [5.74, 6) is -4.12. The van der Waals surface area contributed by atoms with Crippen LogP contribution in [0.2, 0.25) is 0 Å². The van der Waals surface area contributed by atoms with Crippen LogP contribution >= 0.6 is 0 Å². The number of β-amino-alcohol motifs (C(OH)–C–C–N with tert-alkyl or cyclic N) is 1. The Labute approximate surface area is 194 Å². The second-order valence-electron chi connectivity index (χ2n) is 7.63. The van der Waals surface area contributed by atoms with Crippen LogP contribution in [0.5, 0.6) is 11.5 Å². The Bertz CT molecular complexity index is 904. The maximum absolute atomic E-state index is 12.9. The quantitative estimate of drug-likeness (QED) is 0.323. The summed E-state index contributed by atoms with van der Waals surface area (Å²) in [5, 5.41) is 27.9. The van der Waals surface area contributed by atoms with Gasteiger partial charge >= 0.3 is 5.97 Å². The molecule has 0 aliphatic carbocycles. The lowest BCUT2D eigenvalue weighted by atomic mass is 10.1. The number of morpholine rings is 1. The van der Waals surface area contributed by atoms with Crippen molar-refractivity contribution in [3.8, 4) is 11.5 Å². The number of likely N-dealkylation sites (tertiary alicyclic amines) is 1. The molecule has 0 bridgehead atoms. The average Bonchev–Trinajstić information content (AvgIpc) is 3.45. The topological polar surface area (TPSA) is 178 Å². The zero-order valence-corrected chi connectivity index (χ0v) is 18.2. The van der Waals surface area contributed by atoms with Gasteiger partial charge in [0.05, 0.1) is 31.3 Å². The van der Waals surface area contributed by atoms with E-state index in [4.69, 9.17) is 38.7 Å². The van der Waals surface area contributed by atoms with Crippen LogP contribution in [0, 0.1) is 0 Å². The number of hydrogen-bond donors (Lipinski definition) is 1. The van der Waals surface area contributed by atoms with Crippen LogP contribution in [0.4, 0.5) is 0 Å². The van der Waals surface area contributed by atoms with Crippen molar-refractivity contribution in [2.45, 2.75) is 18.6 Å². The lowest BCUT2D eigenvalue weighted by Gasteiger charge is -2.27. The molecule has 4 rings (SSSR count). The fourth-order valence-corrected chi connectivity index (χ4v) is 3.65.